The molecule has 0 spiro atoms. The lowest BCUT2D eigenvalue weighted by Crippen LogP contribution is -2.50. The highest BCUT2D eigenvalue weighted by Gasteiger charge is 2.40. The Morgan fingerprint density at radius 2 is 1.62 bits per heavy atom. The molecule has 0 aliphatic carbocycles. The third-order valence-corrected chi connectivity index (χ3v) is 8.26. The first kappa shape index (κ1) is 16.1. The Morgan fingerprint density at radius 3 is 1.88 bits per heavy atom. The summed E-state index contributed by atoms with van der Waals surface area (Å²) >= 11 is 0. The van der Waals surface area contributed by atoms with Crippen LogP contribution in [-0.2, 0) is 4.43 Å². The van der Waals surface area contributed by atoms with Crippen molar-refractivity contribution < 1.29 is 4.43 Å². The lowest BCUT2D eigenvalue weighted by molar-refractivity contribution is 0.105. The maximum Gasteiger partial charge on any atom is 0.192 e. The summed E-state index contributed by atoms with van der Waals surface area (Å²) in [6.07, 6.45) is 1.18. The summed E-state index contributed by atoms with van der Waals surface area (Å²) < 4.78 is 6.43. The molecule has 0 aromatic rings. The number of nitrogens with two attached hydrogens (primary N) is 1. The highest BCUT2D eigenvalue weighted by molar-refractivity contribution is 6.74. The molecule has 2 atom stereocenters. The van der Waals surface area contributed by atoms with E-state index in [4.69, 9.17) is 10.2 Å². The van der Waals surface area contributed by atoms with Crippen molar-refractivity contribution in [2.45, 2.75) is 78.2 Å². The van der Waals surface area contributed by atoms with Crippen molar-refractivity contribution in [3.8, 4) is 0 Å². The maximum absolute atomic E-state index is 6.43. The van der Waals surface area contributed by atoms with Gasteiger partial charge < -0.3 is 10.2 Å². The molecule has 2 N–H and O–H groups in total. The molecule has 0 bridgehead atoms. The molecule has 0 aliphatic heterocycles. The minimum Gasteiger partial charge on any atom is -0.412 e. The quantitative estimate of drug-likeness (QED) is 0.748. The molecule has 2 nitrogen and oxygen atoms in total. The molecular weight excluding hydrogens is 214 g/mol. The predicted molar refractivity (Wildman–Crippen MR) is 75.2 cm³/mol. The predicted octanol–water partition coefficient (Wildman–Crippen LogP) is 3.77. The minimum atomic E-state index is -1.69. The topological polar surface area (TPSA) is 35.2 Å². The Labute approximate surface area is 103 Å². The normalized spacial score (nSPS) is 17.6. The molecule has 0 fully saturated rings. The van der Waals surface area contributed by atoms with Crippen LogP contribution in [-0.4, -0.2) is 20.5 Å². The Kier molecular flexibility index (Phi) is 5.70. The smallest absolute Gasteiger partial charge is 0.192 e. The third kappa shape index (κ3) is 4.19. The van der Waals surface area contributed by atoms with E-state index in [0.717, 1.165) is 6.42 Å². The molecule has 16 heavy (non-hydrogen) atoms. The summed E-state index contributed by atoms with van der Waals surface area (Å²) in [5, 5.41) is 0.258. The lowest BCUT2D eigenvalue weighted by Gasteiger charge is -2.42. The van der Waals surface area contributed by atoms with Gasteiger partial charge in [0, 0.05) is 6.04 Å². The van der Waals surface area contributed by atoms with E-state index in [9.17, 15) is 0 Å². The van der Waals surface area contributed by atoms with Gasteiger partial charge >= 0.3 is 0 Å². The SMILES string of the molecule is CC[C@H](N)[C@H](O[Si](C)(C)C(C)(C)C)C(C)C. The summed E-state index contributed by atoms with van der Waals surface area (Å²) in [6, 6.07) is 0.161. The molecule has 0 aliphatic rings. The molecule has 0 radical (unpaired) electrons. The molecule has 3 heteroatoms. The molecule has 0 saturated heterocycles. The fraction of sp³-hybridized carbons (Fsp3) is 1.00. The van der Waals surface area contributed by atoms with Crippen LogP contribution in [0, 0.1) is 5.92 Å². The van der Waals surface area contributed by atoms with Gasteiger partial charge in [-0.3, -0.25) is 0 Å². The summed E-state index contributed by atoms with van der Waals surface area (Å²) in [5.41, 5.74) is 6.17. The fourth-order valence-electron chi connectivity index (χ4n) is 1.47. The second kappa shape index (κ2) is 5.65. The Morgan fingerprint density at radius 1 is 1.19 bits per heavy atom. The lowest BCUT2D eigenvalue weighted by atomic mass is 9.99. The standard InChI is InChI=1S/C13H31NOSi/c1-9-11(14)12(10(2)3)15-16(7,8)13(4,5)6/h10-12H,9,14H2,1-8H3/t11-,12+/m0/s1. The van der Waals surface area contributed by atoms with Crippen LogP contribution < -0.4 is 5.73 Å². The zero-order chi connectivity index (χ0) is 13.1. The van der Waals surface area contributed by atoms with Crippen LogP contribution >= 0.6 is 0 Å². The van der Waals surface area contributed by atoms with Gasteiger partial charge in [0.25, 0.3) is 0 Å². The van der Waals surface area contributed by atoms with Crippen LogP contribution in [0.1, 0.15) is 48.0 Å². The Bertz CT molecular complexity index is 208. The highest BCUT2D eigenvalue weighted by Crippen LogP contribution is 2.38. The monoisotopic (exact) mass is 245 g/mol. The van der Waals surface area contributed by atoms with Crippen molar-refractivity contribution in [2.75, 3.05) is 0 Å². The third-order valence-electron chi connectivity index (χ3n) is 3.79. The average molecular weight is 245 g/mol. The van der Waals surface area contributed by atoms with Gasteiger partial charge in [0.15, 0.2) is 8.32 Å². The molecule has 0 saturated carbocycles. The van der Waals surface area contributed by atoms with E-state index in [1.807, 2.05) is 0 Å². The number of rotatable bonds is 5. The first-order chi connectivity index (χ1) is 7.03. The van der Waals surface area contributed by atoms with Crippen molar-refractivity contribution in [1.29, 1.82) is 0 Å². The molecular formula is C13H31NOSi. The first-order valence-electron chi connectivity index (χ1n) is 6.46. The second-order valence-electron chi connectivity index (χ2n) is 6.66. The Balaban J connectivity index is 4.76. The van der Waals surface area contributed by atoms with Crippen molar-refractivity contribution in [3.63, 3.8) is 0 Å². The molecule has 0 heterocycles. The van der Waals surface area contributed by atoms with E-state index in [0.29, 0.717) is 5.92 Å². The van der Waals surface area contributed by atoms with Gasteiger partial charge in [-0.25, -0.2) is 0 Å². The van der Waals surface area contributed by atoms with Crippen LogP contribution in [0.5, 0.6) is 0 Å². The van der Waals surface area contributed by atoms with Crippen LogP contribution in [0.4, 0.5) is 0 Å². The van der Waals surface area contributed by atoms with Crippen LogP contribution in [0.15, 0.2) is 0 Å². The van der Waals surface area contributed by atoms with Crippen LogP contribution in [0.2, 0.25) is 18.1 Å². The fourth-order valence-corrected chi connectivity index (χ4v) is 2.95. The molecule has 0 rings (SSSR count). The van der Waals surface area contributed by atoms with Gasteiger partial charge in [-0.05, 0) is 30.5 Å². The van der Waals surface area contributed by atoms with E-state index < -0.39 is 8.32 Å². The van der Waals surface area contributed by atoms with Gasteiger partial charge in [0.1, 0.15) is 0 Å². The van der Waals surface area contributed by atoms with E-state index in [1.165, 1.54) is 0 Å². The maximum atomic E-state index is 6.43. The average Bonchev–Trinajstić information content (AvgIpc) is 2.10. The van der Waals surface area contributed by atoms with Crippen LogP contribution in [0.25, 0.3) is 0 Å². The summed E-state index contributed by atoms with van der Waals surface area (Å²) in [7, 11) is -1.69. The van der Waals surface area contributed by atoms with Crippen molar-refractivity contribution in [2.24, 2.45) is 11.7 Å². The summed E-state index contributed by atoms with van der Waals surface area (Å²) in [6.45, 7) is 17.9. The van der Waals surface area contributed by atoms with Gasteiger partial charge in [-0.15, -0.1) is 0 Å². The van der Waals surface area contributed by atoms with E-state index in [1.54, 1.807) is 0 Å². The van der Waals surface area contributed by atoms with Gasteiger partial charge in [-0.2, -0.15) is 0 Å². The summed E-state index contributed by atoms with van der Waals surface area (Å²) in [5.74, 6) is 0.490. The van der Waals surface area contributed by atoms with Crippen molar-refractivity contribution >= 4 is 8.32 Å². The number of hydrogen-bond acceptors (Lipinski definition) is 2. The zero-order valence-electron chi connectivity index (χ0n) is 12.4. The zero-order valence-corrected chi connectivity index (χ0v) is 13.4. The van der Waals surface area contributed by atoms with Gasteiger partial charge in [0.2, 0.25) is 0 Å². The van der Waals surface area contributed by atoms with E-state index in [2.05, 4.69) is 54.6 Å². The second-order valence-corrected chi connectivity index (χ2v) is 11.4. The molecule has 98 valence electrons. The van der Waals surface area contributed by atoms with Crippen molar-refractivity contribution in [3.05, 3.63) is 0 Å². The molecule has 0 aromatic heterocycles. The first-order valence-corrected chi connectivity index (χ1v) is 9.37. The molecule has 0 aromatic carbocycles. The minimum absolute atomic E-state index is 0.161. The van der Waals surface area contributed by atoms with Crippen LogP contribution in [0.3, 0.4) is 0 Å². The molecule has 0 unspecified atom stereocenters. The van der Waals surface area contributed by atoms with Gasteiger partial charge in [-0.1, -0.05) is 41.5 Å². The molecule has 0 amide bonds. The van der Waals surface area contributed by atoms with E-state index in [-0.39, 0.29) is 17.2 Å². The number of hydrogen-bond donors (Lipinski definition) is 1. The van der Waals surface area contributed by atoms with Crippen molar-refractivity contribution in [1.82, 2.24) is 0 Å². The van der Waals surface area contributed by atoms with E-state index >= 15 is 0 Å². The largest absolute Gasteiger partial charge is 0.412 e. The Hall–Kier alpha value is 0.137. The highest BCUT2D eigenvalue weighted by atomic mass is 28.4. The summed E-state index contributed by atoms with van der Waals surface area (Å²) in [4.78, 5) is 0. The van der Waals surface area contributed by atoms with Gasteiger partial charge in [0.05, 0.1) is 6.10 Å².